The number of aromatic carboxylic acids is 1. The zero-order valence-electron chi connectivity index (χ0n) is 6.91. The SMILES string of the molecule is NCc1ccc(C(=O)[O-])cc1.[Na+]. The van der Waals surface area contributed by atoms with E-state index in [1.165, 1.54) is 12.1 Å². The molecule has 1 aromatic rings. The Morgan fingerprint density at radius 2 is 1.83 bits per heavy atom. The molecule has 0 saturated heterocycles. The van der Waals surface area contributed by atoms with E-state index < -0.39 is 5.97 Å². The number of carbonyl (C=O) groups is 1. The molecule has 0 aliphatic heterocycles. The van der Waals surface area contributed by atoms with Gasteiger partial charge in [-0.3, -0.25) is 0 Å². The average Bonchev–Trinajstić information content (AvgIpc) is 2.05. The maximum Gasteiger partial charge on any atom is 1.00 e. The molecule has 0 bridgehead atoms. The van der Waals surface area contributed by atoms with Gasteiger partial charge in [0.25, 0.3) is 0 Å². The second-order valence-corrected chi connectivity index (χ2v) is 2.19. The van der Waals surface area contributed by atoms with Gasteiger partial charge in [0.2, 0.25) is 0 Å². The van der Waals surface area contributed by atoms with Gasteiger partial charge in [0.1, 0.15) is 0 Å². The van der Waals surface area contributed by atoms with Crippen LogP contribution in [0.3, 0.4) is 0 Å². The maximum absolute atomic E-state index is 10.3. The van der Waals surface area contributed by atoms with Gasteiger partial charge in [-0.25, -0.2) is 0 Å². The second kappa shape index (κ2) is 5.32. The molecule has 0 aromatic heterocycles. The van der Waals surface area contributed by atoms with Gasteiger partial charge in [0.05, 0.1) is 5.97 Å². The zero-order chi connectivity index (χ0) is 8.27. The van der Waals surface area contributed by atoms with Crippen LogP contribution in [0, 0.1) is 0 Å². The van der Waals surface area contributed by atoms with Crippen molar-refractivity contribution in [2.24, 2.45) is 5.73 Å². The summed E-state index contributed by atoms with van der Waals surface area (Å²) in [7, 11) is 0. The minimum absolute atomic E-state index is 0. The molecule has 3 nitrogen and oxygen atoms in total. The number of hydrogen-bond donors (Lipinski definition) is 1. The molecule has 0 aliphatic rings. The van der Waals surface area contributed by atoms with Crippen LogP contribution in [-0.4, -0.2) is 5.97 Å². The smallest absolute Gasteiger partial charge is 0.545 e. The van der Waals surface area contributed by atoms with Gasteiger partial charge in [-0.1, -0.05) is 24.3 Å². The Bertz CT molecular complexity index is 258. The van der Waals surface area contributed by atoms with Crippen molar-refractivity contribution in [3.05, 3.63) is 35.4 Å². The van der Waals surface area contributed by atoms with Crippen molar-refractivity contribution in [1.82, 2.24) is 0 Å². The van der Waals surface area contributed by atoms with Gasteiger partial charge >= 0.3 is 29.6 Å². The summed E-state index contributed by atoms with van der Waals surface area (Å²) < 4.78 is 0. The van der Waals surface area contributed by atoms with Gasteiger partial charge in [0.15, 0.2) is 0 Å². The number of carbonyl (C=O) groups excluding carboxylic acids is 1. The summed E-state index contributed by atoms with van der Waals surface area (Å²) in [5.41, 5.74) is 6.41. The number of carboxylic acids is 1. The van der Waals surface area contributed by atoms with Crippen LogP contribution < -0.4 is 40.4 Å². The molecule has 0 radical (unpaired) electrons. The van der Waals surface area contributed by atoms with E-state index in [1.54, 1.807) is 12.1 Å². The topological polar surface area (TPSA) is 66.2 Å². The average molecular weight is 173 g/mol. The molecule has 0 amide bonds. The van der Waals surface area contributed by atoms with E-state index in [9.17, 15) is 9.90 Å². The summed E-state index contributed by atoms with van der Waals surface area (Å²) >= 11 is 0. The Hall–Kier alpha value is -0.350. The molecular formula is C8H8NNaO2. The minimum atomic E-state index is -1.16. The van der Waals surface area contributed by atoms with Gasteiger partial charge in [-0.05, 0) is 11.1 Å². The number of carboxylic acid groups (broad SMARTS) is 1. The van der Waals surface area contributed by atoms with Crippen molar-refractivity contribution in [3.8, 4) is 0 Å². The number of rotatable bonds is 2. The monoisotopic (exact) mass is 173 g/mol. The summed E-state index contributed by atoms with van der Waals surface area (Å²) in [5.74, 6) is -1.16. The van der Waals surface area contributed by atoms with Crippen LogP contribution in [0.4, 0.5) is 0 Å². The normalized spacial score (nSPS) is 8.75. The van der Waals surface area contributed by atoms with Crippen molar-refractivity contribution in [2.75, 3.05) is 0 Å². The van der Waals surface area contributed by atoms with Crippen LogP contribution in [-0.2, 0) is 6.54 Å². The summed E-state index contributed by atoms with van der Waals surface area (Å²) in [4.78, 5) is 10.3. The largest absolute Gasteiger partial charge is 1.00 e. The Morgan fingerprint density at radius 3 is 2.17 bits per heavy atom. The van der Waals surface area contributed by atoms with Crippen LogP contribution in [0.2, 0.25) is 0 Å². The van der Waals surface area contributed by atoms with E-state index in [-0.39, 0.29) is 35.1 Å². The standard InChI is InChI=1S/C8H9NO2.Na/c9-5-6-1-3-7(4-2-6)8(10)11;/h1-4H,5,9H2,(H,10,11);/q;+1/p-1. The zero-order valence-corrected chi connectivity index (χ0v) is 8.91. The van der Waals surface area contributed by atoms with Crippen LogP contribution in [0.5, 0.6) is 0 Å². The first-order chi connectivity index (χ1) is 5.24. The minimum Gasteiger partial charge on any atom is -0.545 e. The molecule has 4 heteroatoms. The molecule has 0 spiro atoms. The van der Waals surface area contributed by atoms with Gasteiger partial charge in [-0.2, -0.15) is 0 Å². The number of hydrogen-bond acceptors (Lipinski definition) is 3. The van der Waals surface area contributed by atoms with E-state index in [0.717, 1.165) is 5.56 Å². The molecule has 0 atom stereocenters. The fraction of sp³-hybridized carbons (Fsp3) is 0.125. The van der Waals surface area contributed by atoms with E-state index >= 15 is 0 Å². The van der Waals surface area contributed by atoms with Crippen LogP contribution in [0.1, 0.15) is 15.9 Å². The molecule has 0 fully saturated rings. The molecule has 1 rings (SSSR count). The number of nitrogens with two attached hydrogens (primary N) is 1. The Balaban J connectivity index is 0.00000121. The molecule has 1 aromatic carbocycles. The first kappa shape index (κ1) is 11.6. The Labute approximate surface area is 92.9 Å². The third kappa shape index (κ3) is 2.95. The van der Waals surface area contributed by atoms with Crippen molar-refractivity contribution in [1.29, 1.82) is 0 Å². The molecule has 0 unspecified atom stereocenters. The molecule has 0 aliphatic carbocycles. The summed E-state index contributed by atoms with van der Waals surface area (Å²) in [6.07, 6.45) is 0. The van der Waals surface area contributed by atoms with E-state index in [4.69, 9.17) is 5.73 Å². The third-order valence-corrected chi connectivity index (χ3v) is 1.43. The van der Waals surface area contributed by atoms with Gasteiger partial charge in [-0.15, -0.1) is 0 Å². The Kier molecular flexibility index (Phi) is 5.17. The van der Waals surface area contributed by atoms with Crippen molar-refractivity contribution >= 4 is 5.97 Å². The van der Waals surface area contributed by atoms with Crippen LogP contribution in [0.25, 0.3) is 0 Å². The quantitative estimate of drug-likeness (QED) is 0.472. The first-order valence-electron chi connectivity index (χ1n) is 3.24. The van der Waals surface area contributed by atoms with Crippen molar-refractivity contribution in [2.45, 2.75) is 6.54 Å². The fourth-order valence-electron chi connectivity index (χ4n) is 0.777. The summed E-state index contributed by atoms with van der Waals surface area (Å²) in [5, 5.41) is 10.3. The van der Waals surface area contributed by atoms with E-state index in [2.05, 4.69) is 0 Å². The maximum atomic E-state index is 10.3. The molecular weight excluding hydrogens is 165 g/mol. The molecule has 2 N–H and O–H groups in total. The van der Waals surface area contributed by atoms with Gasteiger partial charge in [0, 0.05) is 6.54 Å². The van der Waals surface area contributed by atoms with Gasteiger partial charge < -0.3 is 15.6 Å². The first-order valence-corrected chi connectivity index (χ1v) is 3.24. The predicted octanol–water partition coefficient (Wildman–Crippen LogP) is -3.49. The summed E-state index contributed by atoms with van der Waals surface area (Å²) in [6.45, 7) is 0.424. The Morgan fingerprint density at radius 1 is 1.33 bits per heavy atom. The van der Waals surface area contributed by atoms with Crippen LogP contribution in [0.15, 0.2) is 24.3 Å². The third-order valence-electron chi connectivity index (χ3n) is 1.43. The van der Waals surface area contributed by atoms with E-state index in [0.29, 0.717) is 6.54 Å². The molecule has 0 saturated carbocycles. The predicted molar refractivity (Wildman–Crippen MR) is 38.7 cm³/mol. The second-order valence-electron chi connectivity index (χ2n) is 2.19. The number of benzene rings is 1. The molecule has 0 heterocycles. The summed E-state index contributed by atoms with van der Waals surface area (Å²) in [6, 6.07) is 6.31. The van der Waals surface area contributed by atoms with Crippen molar-refractivity contribution in [3.63, 3.8) is 0 Å². The van der Waals surface area contributed by atoms with Crippen molar-refractivity contribution < 1.29 is 39.5 Å². The molecule has 58 valence electrons. The van der Waals surface area contributed by atoms with E-state index in [1.807, 2.05) is 0 Å². The fourth-order valence-corrected chi connectivity index (χ4v) is 0.777. The molecule has 12 heavy (non-hydrogen) atoms. The van der Waals surface area contributed by atoms with Crippen LogP contribution >= 0.6 is 0 Å².